The van der Waals surface area contributed by atoms with Crippen LogP contribution in [0.5, 0.6) is 0 Å². The second kappa shape index (κ2) is 3.37. The molecule has 2 heteroatoms. The van der Waals surface area contributed by atoms with Gasteiger partial charge in [-0.2, -0.15) is 0 Å². The van der Waals surface area contributed by atoms with E-state index in [0.29, 0.717) is 6.61 Å². The molecule has 1 aliphatic rings. The fourth-order valence-corrected chi connectivity index (χ4v) is 1.76. The van der Waals surface area contributed by atoms with Crippen LogP contribution in [0.4, 0.5) is 0 Å². The summed E-state index contributed by atoms with van der Waals surface area (Å²) in [6.45, 7) is 7.04. The molecule has 0 N–H and O–H groups in total. The van der Waals surface area contributed by atoms with Crippen LogP contribution in [-0.2, 0) is 16.8 Å². The van der Waals surface area contributed by atoms with E-state index in [1.54, 1.807) is 0 Å². The van der Waals surface area contributed by atoms with Crippen molar-refractivity contribution in [2.75, 3.05) is 0 Å². The van der Waals surface area contributed by atoms with Crippen LogP contribution in [0.1, 0.15) is 48.7 Å². The zero-order chi connectivity index (χ0) is 11.1. The maximum absolute atomic E-state index is 11.3. The van der Waals surface area contributed by atoms with E-state index < -0.39 is 0 Å². The van der Waals surface area contributed by atoms with E-state index in [-0.39, 0.29) is 11.4 Å². The van der Waals surface area contributed by atoms with Gasteiger partial charge in [0.05, 0.1) is 5.56 Å². The molecule has 0 bridgehead atoms. The van der Waals surface area contributed by atoms with Crippen LogP contribution in [0, 0.1) is 0 Å². The van der Waals surface area contributed by atoms with Crippen molar-refractivity contribution in [1.82, 2.24) is 0 Å². The molecule has 0 spiro atoms. The summed E-state index contributed by atoms with van der Waals surface area (Å²) in [5.74, 6) is -0.189. The summed E-state index contributed by atoms with van der Waals surface area (Å²) >= 11 is 0. The number of hydrogen-bond acceptors (Lipinski definition) is 2. The van der Waals surface area contributed by atoms with Gasteiger partial charge in [0.2, 0.25) is 0 Å². The average Bonchev–Trinajstić information content (AvgIpc) is 2.60. The number of cyclic esters (lactones) is 1. The van der Waals surface area contributed by atoms with Crippen LogP contribution in [0.25, 0.3) is 0 Å². The van der Waals surface area contributed by atoms with Crippen LogP contribution < -0.4 is 0 Å². The Labute approximate surface area is 90.3 Å². The molecule has 1 aliphatic heterocycles. The van der Waals surface area contributed by atoms with Gasteiger partial charge in [-0.3, -0.25) is 0 Å². The summed E-state index contributed by atoms with van der Waals surface area (Å²) < 4.78 is 4.99. The smallest absolute Gasteiger partial charge is 0.338 e. The monoisotopic (exact) mass is 204 g/mol. The van der Waals surface area contributed by atoms with Crippen LogP contribution in [0.3, 0.4) is 0 Å². The highest BCUT2D eigenvalue weighted by Gasteiger charge is 2.24. The Morgan fingerprint density at radius 3 is 2.80 bits per heavy atom. The summed E-state index contributed by atoms with van der Waals surface area (Å²) in [7, 11) is 0. The molecule has 0 fully saturated rings. The highest BCUT2D eigenvalue weighted by Crippen LogP contribution is 2.30. The van der Waals surface area contributed by atoms with Crippen LogP contribution in [0.15, 0.2) is 18.2 Å². The third kappa shape index (κ3) is 1.65. The highest BCUT2D eigenvalue weighted by molar-refractivity contribution is 5.93. The molecule has 1 heterocycles. The maximum atomic E-state index is 11.3. The van der Waals surface area contributed by atoms with Gasteiger partial charge in [-0.1, -0.05) is 32.9 Å². The van der Waals surface area contributed by atoms with Crippen molar-refractivity contribution in [2.24, 2.45) is 0 Å². The minimum absolute atomic E-state index is 0.167. The Morgan fingerprint density at radius 1 is 1.40 bits per heavy atom. The van der Waals surface area contributed by atoms with Crippen molar-refractivity contribution in [1.29, 1.82) is 0 Å². The molecule has 2 nitrogen and oxygen atoms in total. The van der Waals surface area contributed by atoms with Crippen LogP contribution >= 0.6 is 0 Å². The first-order valence-electron chi connectivity index (χ1n) is 5.35. The molecule has 0 aromatic heterocycles. The lowest BCUT2D eigenvalue weighted by Crippen LogP contribution is -2.15. The summed E-state index contributed by atoms with van der Waals surface area (Å²) in [5.41, 5.74) is 3.20. The summed E-state index contributed by atoms with van der Waals surface area (Å²) in [6, 6.07) is 6.02. The van der Waals surface area contributed by atoms with Crippen LogP contribution in [-0.4, -0.2) is 5.97 Å². The number of carbonyl (C=O) groups is 1. The van der Waals surface area contributed by atoms with Gasteiger partial charge in [0.15, 0.2) is 0 Å². The van der Waals surface area contributed by atoms with Crippen LogP contribution in [0.2, 0.25) is 0 Å². The second-order valence-corrected chi connectivity index (χ2v) is 4.69. The Balaban J connectivity index is 2.43. The first kappa shape index (κ1) is 10.2. The van der Waals surface area contributed by atoms with Crippen molar-refractivity contribution in [3.05, 3.63) is 34.9 Å². The topological polar surface area (TPSA) is 26.3 Å². The minimum atomic E-state index is -0.189. The van der Waals surface area contributed by atoms with E-state index in [1.807, 2.05) is 12.1 Å². The third-order valence-electron chi connectivity index (χ3n) is 3.35. The van der Waals surface area contributed by atoms with Gasteiger partial charge in [0.25, 0.3) is 0 Å². The third-order valence-corrected chi connectivity index (χ3v) is 3.35. The molecule has 0 amide bonds. The lowest BCUT2D eigenvalue weighted by molar-refractivity contribution is 0.0535. The number of carbonyl (C=O) groups excluding carboxylic acids is 1. The second-order valence-electron chi connectivity index (χ2n) is 4.69. The zero-order valence-electron chi connectivity index (χ0n) is 9.46. The fraction of sp³-hybridized carbons (Fsp3) is 0.462. The molecule has 0 saturated carbocycles. The first-order chi connectivity index (χ1) is 7.04. The highest BCUT2D eigenvalue weighted by atomic mass is 16.5. The summed E-state index contributed by atoms with van der Waals surface area (Å²) in [4.78, 5) is 11.3. The number of benzene rings is 1. The Morgan fingerprint density at radius 2 is 2.13 bits per heavy atom. The van der Waals surface area contributed by atoms with Crippen molar-refractivity contribution >= 4 is 5.97 Å². The van der Waals surface area contributed by atoms with Crippen molar-refractivity contribution in [3.8, 4) is 0 Å². The Hall–Kier alpha value is -1.31. The van der Waals surface area contributed by atoms with Gasteiger partial charge in [-0.15, -0.1) is 0 Å². The predicted octanol–water partition coefficient (Wildman–Crippen LogP) is 3.04. The first-order valence-corrected chi connectivity index (χ1v) is 5.35. The normalized spacial score (nSPS) is 15.0. The molecule has 0 aliphatic carbocycles. The molecular formula is C13H16O2. The number of ether oxygens (including phenoxy) is 1. The molecule has 0 atom stereocenters. The molecule has 1 aromatic rings. The largest absolute Gasteiger partial charge is 0.457 e. The fourth-order valence-electron chi connectivity index (χ4n) is 1.76. The standard InChI is InChI=1S/C13H16O2/c1-4-13(2,3)10-5-6-11-9(7-10)8-15-12(11)14/h5-7H,4,8H2,1-3H3. The van der Waals surface area contributed by atoms with E-state index >= 15 is 0 Å². The van der Waals surface area contributed by atoms with Gasteiger partial charge in [0, 0.05) is 5.56 Å². The molecule has 0 saturated heterocycles. The number of fused-ring (bicyclic) bond motifs is 1. The summed E-state index contributed by atoms with van der Waals surface area (Å²) in [6.07, 6.45) is 1.08. The quantitative estimate of drug-likeness (QED) is 0.692. The molecule has 15 heavy (non-hydrogen) atoms. The van der Waals surface area contributed by atoms with Gasteiger partial charge >= 0.3 is 5.97 Å². The summed E-state index contributed by atoms with van der Waals surface area (Å²) in [5, 5.41) is 0. The lowest BCUT2D eigenvalue weighted by atomic mass is 9.81. The number of rotatable bonds is 2. The van der Waals surface area contributed by atoms with E-state index in [9.17, 15) is 4.79 Å². The van der Waals surface area contributed by atoms with E-state index in [4.69, 9.17) is 4.74 Å². The SMILES string of the molecule is CCC(C)(C)c1ccc2c(c1)COC2=O. The Kier molecular flexibility index (Phi) is 2.29. The van der Waals surface area contributed by atoms with E-state index in [2.05, 4.69) is 26.8 Å². The van der Waals surface area contributed by atoms with Gasteiger partial charge < -0.3 is 4.74 Å². The minimum Gasteiger partial charge on any atom is -0.457 e. The van der Waals surface area contributed by atoms with Gasteiger partial charge in [0.1, 0.15) is 6.61 Å². The lowest BCUT2D eigenvalue weighted by Gasteiger charge is -2.23. The Bertz CT molecular complexity index is 405. The van der Waals surface area contributed by atoms with E-state index in [1.165, 1.54) is 5.56 Å². The van der Waals surface area contributed by atoms with Crippen molar-refractivity contribution < 1.29 is 9.53 Å². The molecule has 1 aromatic carbocycles. The average molecular weight is 204 g/mol. The molecule has 2 rings (SSSR count). The molecule has 0 unspecified atom stereocenters. The zero-order valence-corrected chi connectivity index (χ0v) is 9.46. The molecular weight excluding hydrogens is 188 g/mol. The predicted molar refractivity (Wildman–Crippen MR) is 58.9 cm³/mol. The van der Waals surface area contributed by atoms with Gasteiger partial charge in [-0.25, -0.2) is 4.79 Å². The van der Waals surface area contributed by atoms with Crippen molar-refractivity contribution in [3.63, 3.8) is 0 Å². The maximum Gasteiger partial charge on any atom is 0.338 e. The van der Waals surface area contributed by atoms with E-state index in [0.717, 1.165) is 17.5 Å². The van der Waals surface area contributed by atoms with Crippen molar-refractivity contribution in [2.45, 2.75) is 39.2 Å². The molecule has 0 radical (unpaired) electrons. The number of hydrogen-bond donors (Lipinski definition) is 0. The molecule has 80 valence electrons. The van der Waals surface area contributed by atoms with Gasteiger partial charge in [-0.05, 0) is 23.5 Å². The number of esters is 1.